The lowest BCUT2D eigenvalue weighted by Gasteiger charge is -2.25. The maximum absolute atomic E-state index is 10.9. The molecule has 0 aliphatic carbocycles. The van der Waals surface area contributed by atoms with Gasteiger partial charge in [-0.3, -0.25) is 18.9 Å². The van der Waals surface area contributed by atoms with Crippen LogP contribution in [0.4, 0.5) is 11.6 Å². The normalized spacial score (nSPS) is 11.1. The number of rotatable bonds is 11. The van der Waals surface area contributed by atoms with Crippen molar-refractivity contribution < 1.29 is 9.59 Å². The number of nitrogens with one attached hydrogen (secondary N) is 1. The van der Waals surface area contributed by atoms with Gasteiger partial charge in [-0.15, -0.1) is 0 Å². The number of aromatic nitrogens is 4. The minimum atomic E-state index is 0.197. The van der Waals surface area contributed by atoms with E-state index < -0.39 is 0 Å². The average Bonchev–Trinajstić information content (AvgIpc) is 3.41. The van der Waals surface area contributed by atoms with Crippen LogP contribution in [0.15, 0.2) is 67.6 Å². The quantitative estimate of drug-likeness (QED) is 0.169. The number of aldehydes is 2. The monoisotopic (exact) mass is 557 g/mol. The van der Waals surface area contributed by atoms with Crippen molar-refractivity contribution in [3.05, 3.63) is 84.6 Å². The van der Waals surface area contributed by atoms with Gasteiger partial charge in [0.2, 0.25) is 0 Å². The van der Waals surface area contributed by atoms with Crippen molar-refractivity contribution in [2.75, 3.05) is 31.7 Å². The summed E-state index contributed by atoms with van der Waals surface area (Å²) in [5.74, 6) is 2.38. The van der Waals surface area contributed by atoms with Crippen LogP contribution in [0.1, 0.15) is 67.8 Å². The Morgan fingerprint density at radius 3 is 2.34 bits per heavy atom. The van der Waals surface area contributed by atoms with Crippen molar-refractivity contribution in [3.63, 3.8) is 0 Å². The molecule has 0 spiro atoms. The van der Waals surface area contributed by atoms with Crippen LogP contribution < -0.4 is 11.1 Å². The summed E-state index contributed by atoms with van der Waals surface area (Å²) in [4.78, 5) is 35.7. The summed E-state index contributed by atoms with van der Waals surface area (Å²) in [6, 6.07) is 11.7. The van der Waals surface area contributed by atoms with Crippen LogP contribution in [0.25, 0.3) is 16.8 Å². The standard InChI is InChI=1S/C20H25N5O.C9H14N2.C3H4O/c1-4-6-16(24(3)5-2)20-23-17(15-9-7-14(13-26)8-10-15)18-19(21)22-11-12-25(18)20;1-3-4-8-5-6-11-9(7-8)10-2;1-2-3-4/h7-13,16H,4-6H2,1-3H3,(H2,21,22);5-7H,3-4H2,1-2H3,(H,10,11);2-3H,1H2/t16-;;/m0../s1. The van der Waals surface area contributed by atoms with Gasteiger partial charge in [0, 0.05) is 36.8 Å². The molecule has 0 bridgehead atoms. The summed E-state index contributed by atoms with van der Waals surface area (Å²) in [6.45, 7) is 10.6. The Kier molecular flexibility index (Phi) is 13.9. The van der Waals surface area contributed by atoms with E-state index in [0.29, 0.717) is 17.7 Å². The van der Waals surface area contributed by atoms with Crippen LogP contribution in [0.5, 0.6) is 0 Å². The van der Waals surface area contributed by atoms with Crippen molar-refractivity contribution in [1.29, 1.82) is 0 Å². The first-order valence-electron chi connectivity index (χ1n) is 14.0. The van der Waals surface area contributed by atoms with Gasteiger partial charge in [-0.05, 0) is 50.2 Å². The molecule has 3 aromatic heterocycles. The lowest BCUT2D eigenvalue weighted by molar-refractivity contribution is -0.104. The molecule has 0 aliphatic heterocycles. The summed E-state index contributed by atoms with van der Waals surface area (Å²) < 4.78 is 2.05. The molecule has 0 fully saturated rings. The number of hydrogen-bond acceptors (Lipinski definition) is 8. The SMILES string of the molecule is C=CC=O.CCC[C@@H](c1nc(-c2ccc(C=O)cc2)c2c(N)nccn12)N(C)CC.CCCc1ccnc(NC)c1. The zero-order valence-corrected chi connectivity index (χ0v) is 24.9. The van der Waals surface area contributed by atoms with Crippen LogP contribution in [-0.4, -0.2) is 57.5 Å². The van der Waals surface area contributed by atoms with E-state index in [0.717, 1.165) is 60.5 Å². The van der Waals surface area contributed by atoms with E-state index in [1.54, 1.807) is 18.3 Å². The Morgan fingerprint density at radius 1 is 1.07 bits per heavy atom. The Labute approximate surface area is 243 Å². The van der Waals surface area contributed by atoms with Gasteiger partial charge in [0.15, 0.2) is 0 Å². The first kappa shape index (κ1) is 32.8. The Morgan fingerprint density at radius 2 is 1.78 bits per heavy atom. The number of fused-ring (bicyclic) bond motifs is 1. The average molecular weight is 558 g/mol. The molecule has 9 nitrogen and oxygen atoms in total. The number of aryl methyl sites for hydroxylation is 1. The molecule has 0 saturated carbocycles. The molecular weight excluding hydrogens is 514 g/mol. The van der Waals surface area contributed by atoms with E-state index in [1.807, 2.05) is 31.6 Å². The molecule has 0 aliphatic rings. The van der Waals surface area contributed by atoms with Crippen molar-refractivity contribution in [2.45, 2.75) is 52.5 Å². The number of imidazole rings is 1. The van der Waals surface area contributed by atoms with E-state index in [4.69, 9.17) is 15.5 Å². The second kappa shape index (κ2) is 17.3. The van der Waals surface area contributed by atoms with E-state index in [-0.39, 0.29) is 6.04 Å². The molecule has 218 valence electrons. The summed E-state index contributed by atoms with van der Waals surface area (Å²) in [5, 5.41) is 3.01. The van der Waals surface area contributed by atoms with Gasteiger partial charge in [-0.1, -0.05) is 64.5 Å². The molecule has 9 heteroatoms. The smallest absolute Gasteiger partial charge is 0.150 e. The number of nitrogens with zero attached hydrogens (tertiary/aromatic N) is 5. The number of nitrogens with two attached hydrogens (primary N) is 1. The third-order valence-electron chi connectivity index (χ3n) is 6.54. The highest BCUT2D eigenvalue weighted by atomic mass is 16.1. The Bertz CT molecular complexity index is 1380. The maximum Gasteiger partial charge on any atom is 0.150 e. The second-order valence-electron chi connectivity index (χ2n) is 9.39. The largest absolute Gasteiger partial charge is 0.382 e. The zero-order valence-electron chi connectivity index (χ0n) is 24.9. The molecular formula is C32H43N7O2. The van der Waals surface area contributed by atoms with Gasteiger partial charge in [-0.25, -0.2) is 15.0 Å². The molecule has 4 aromatic rings. The van der Waals surface area contributed by atoms with E-state index in [9.17, 15) is 4.79 Å². The molecule has 3 N–H and O–H groups in total. The zero-order chi connectivity index (χ0) is 30.2. The van der Waals surface area contributed by atoms with Crippen LogP contribution in [-0.2, 0) is 11.2 Å². The molecule has 3 heterocycles. The predicted molar refractivity (Wildman–Crippen MR) is 168 cm³/mol. The molecule has 0 unspecified atom stereocenters. The first-order valence-corrected chi connectivity index (χ1v) is 14.0. The minimum Gasteiger partial charge on any atom is -0.382 e. The second-order valence-corrected chi connectivity index (χ2v) is 9.39. The van der Waals surface area contributed by atoms with Crippen LogP contribution in [0.2, 0.25) is 0 Å². The summed E-state index contributed by atoms with van der Waals surface area (Å²) >= 11 is 0. The van der Waals surface area contributed by atoms with Gasteiger partial charge in [0.25, 0.3) is 0 Å². The molecule has 0 amide bonds. The fraction of sp³-hybridized carbons (Fsp3) is 0.344. The summed E-state index contributed by atoms with van der Waals surface area (Å²) in [5.41, 5.74) is 10.7. The molecule has 41 heavy (non-hydrogen) atoms. The van der Waals surface area contributed by atoms with Crippen LogP contribution >= 0.6 is 0 Å². The van der Waals surface area contributed by atoms with Crippen molar-refractivity contribution in [2.24, 2.45) is 0 Å². The highest BCUT2D eigenvalue weighted by Gasteiger charge is 2.24. The van der Waals surface area contributed by atoms with Crippen molar-refractivity contribution in [1.82, 2.24) is 24.3 Å². The third-order valence-corrected chi connectivity index (χ3v) is 6.54. The van der Waals surface area contributed by atoms with Crippen molar-refractivity contribution in [3.8, 4) is 11.3 Å². The fourth-order valence-electron chi connectivity index (χ4n) is 4.34. The first-order chi connectivity index (χ1) is 19.9. The molecule has 1 atom stereocenters. The summed E-state index contributed by atoms with van der Waals surface area (Å²) in [7, 11) is 4.00. The third kappa shape index (κ3) is 9.08. The molecule has 0 radical (unpaired) electrons. The lowest BCUT2D eigenvalue weighted by atomic mass is 10.1. The number of allylic oxidation sites excluding steroid dienone is 1. The topological polar surface area (TPSA) is 119 Å². The van der Waals surface area contributed by atoms with E-state index >= 15 is 0 Å². The van der Waals surface area contributed by atoms with Crippen molar-refractivity contribution >= 4 is 29.7 Å². The van der Waals surface area contributed by atoms with Gasteiger partial charge in [0.05, 0.1) is 6.04 Å². The Hall–Kier alpha value is -4.37. The number of carbonyl (C=O) groups excluding carboxylic acids is 2. The van der Waals surface area contributed by atoms with Crippen LogP contribution in [0.3, 0.4) is 0 Å². The minimum absolute atomic E-state index is 0.197. The summed E-state index contributed by atoms with van der Waals surface area (Å²) in [6.07, 6.45) is 12.5. The van der Waals surface area contributed by atoms with Gasteiger partial charge >= 0.3 is 0 Å². The van der Waals surface area contributed by atoms with E-state index in [2.05, 4.69) is 71.1 Å². The van der Waals surface area contributed by atoms with Gasteiger partial charge in [-0.2, -0.15) is 0 Å². The number of nitrogen functional groups attached to an aromatic ring is 1. The number of anilines is 2. The highest BCUT2D eigenvalue weighted by Crippen LogP contribution is 2.33. The fourth-order valence-corrected chi connectivity index (χ4v) is 4.34. The number of carbonyl (C=O) groups is 2. The van der Waals surface area contributed by atoms with Crippen LogP contribution in [0, 0.1) is 0 Å². The lowest BCUT2D eigenvalue weighted by Crippen LogP contribution is -2.26. The highest BCUT2D eigenvalue weighted by molar-refractivity contribution is 5.86. The number of hydrogen-bond donors (Lipinski definition) is 2. The number of benzene rings is 1. The molecule has 0 saturated heterocycles. The van der Waals surface area contributed by atoms with Gasteiger partial charge < -0.3 is 11.1 Å². The van der Waals surface area contributed by atoms with E-state index in [1.165, 1.54) is 18.1 Å². The predicted octanol–water partition coefficient (Wildman–Crippen LogP) is 6.03. The maximum atomic E-state index is 10.9. The van der Waals surface area contributed by atoms with Gasteiger partial charge in [0.1, 0.15) is 41.2 Å². The Balaban J connectivity index is 0.000000324. The number of pyridine rings is 1. The molecule has 1 aromatic carbocycles. The molecule has 4 rings (SSSR count).